The van der Waals surface area contributed by atoms with Crippen molar-refractivity contribution >= 4 is 5.97 Å². The van der Waals surface area contributed by atoms with Crippen molar-refractivity contribution in [3.8, 4) is 0 Å². The molecule has 2 atom stereocenters. The number of halogens is 1. The van der Waals surface area contributed by atoms with Crippen molar-refractivity contribution < 1.29 is 14.3 Å². The summed E-state index contributed by atoms with van der Waals surface area (Å²) >= 11 is 0. The Morgan fingerprint density at radius 1 is 1.38 bits per heavy atom. The number of piperidine rings is 1. The highest BCUT2D eigenvalue weighted by molar-refractivity contribution is 5.71. The standard InChI is InChI=1S/C12H14FNO2/c13-9-3-1-8(2-4-9)11-7-14-6-5-10(11)12(15)16/h1-4,10-11,14H,5-7H2,(H,15,16)/t10-,11+/m1/s1. The first-order valence-corrected chi connectivity index (χ1v) is 5.37. The average molecular weight is 223 g/mol. The van der Waals surface area contributed by atoms with Crippen LogP contribution >= 0.6 is 0 Å². The van der Waals surface area contributed by atoms with E-state index in [-0.39, 0.29) is 17.7 Å². The fourth-order valence-corrected chi connectivity index (χ4v) is 2.21. The van der Waals surface area contributed by atoms with Gasteiger partial charge in [0.15, 0.2) is 0 Å². The fourth-order valence-electron chi connectivity index (χ4n) is 2.21. The molecule has 16 heavy (non-hydrogen) atoms. The van der Waals surface area contributed by atoms with E-state index in [9.17, 15) is 9.18 Å². The van der Waals surface area contributed by atoms with Crippen LogP contribution in [0.15, 0.2) is 24.3 Å². The first-order chi connectivity index (χ1) is 7.68. The zero-order valence-electron chi connectivity index (χ0n) is 8.82. The molecule has 1 aliphatic rings. The van der Waals surface area contributed by atoms with E-state index in [0.29, 0.717) is 13.0 Å². The number of hydrogen-bond acceptors (Lipinski definition) is 2. The van der Waals surface area contributed by atoms with E-state index in [2.05, 4.69) is 5.32 Å². The summed E-state index contributed by atoms with van der Waals surface area (Å²) in [5, 5.41) is 12.3. The normalized spacial score (nSPS) is 25.3. The summed E-state index contributed by atoms with van der Waals surface area (Å²) in [6.07, 6.45) is 0.622. The summed E-state index contributed by atoms with van der Waals surface area (Å²) < 4.78 is 12.8. The second kappa shape index (κ2) is 4.61. The quantitative estimate of drug-likeness (QED) is 0.800. The molecule has 2 N–H and O–H groups in total. The van der Waals surface area contributed by atoms with E-state index in [1.165, 1.54) is 12.1 Å². The van der Waals surface area contributed by atoms with E-state index >= 15 is 0 Å². The predicted octanol–water partition coefficient (Wildman–Crippen LogP) is 1.60. The van der Waals surface area contributed by atoms with Crippen LogP contribution in [-0.2, 0) is 4.79 Å². The van der Waals surface area contributed by atoms with Crippen molar-refractivity contribution in [3.05, 3.63) is 35.6 Å². The molecule has 4 heteroatoms. The van der Waals surface area contributed by atoms with Gasteiger partial charge in [-0.1, -0.05) is 12.1 Å². The zero-order valence-corrected chi connectivity index (χ0v) is 8.82. The molecule has 0 amide bonds. The molecule has 1 aromatic carbocycles. The highest BCUT2D eigenvalue weighted by Crippen LogP contribution is 2.29. The molecule has 0 bridgehead atoms. The summed E-state index contributed by atoms with van der Waals surface area (Å²) in [6.45, 7) is 1.37. The Morgan fingerprint density at radius 2 is 2.06 bits per heavy atom. The first kappa shape index (κ1) is 11.1. The maximum absolute atomic E-state index is 12.8. The second-order valence-electron chi connectivity index (χ2n) is 4.10. The Labute approximate surface area is 93.3 Å². The first-order valence-electron chi connectivity index (χ1n) is 5.37. The minimum absolute atomic E-state index is 0.0631. The van der Waals surface area contributed by atoms with Gasteiger partial charge in [0.05, 0.1) is 5.92 Å². The Bertz CT molecular complexity index is 377. The van der Waals surface area contributed by atoms with Crippen LogP contribution in [0.1, 0.15) is 17.9 Å². The Hall–Kier alpha value is -1.42. The van der Waals surface area contributed by atoms with Crippen molar-refractivity contribution in [1.82, 2.24) is 5.32 Å². The van der Waals surface area contributed by atoms with E-state index in [1.54, 1.807) is 12.1 Å². The topological polar surface area (TPSA) is 49.3 Å². The zero-order chi connectivity index (χ0) is 11.5. The summed E-state index contributed by atoms with van der Waals surface area (Å²) in [7, 11) is 0. The molecular formula is C12H14FNO2. The average Bonchev–Trinajstić information content (AvgIpc) is 2.30. The second-order valence-corrected chi connectivity index (χ2v) is 4.10. The molecule has 1 aromatic rings. The molecule has 0 saturated carbocycles. The molecule has 0 aliphatic carbocycles. The van der Waals surface area contributed by atoms with Gasteiger partial charge < -0.3 is 10.4 Å². The summed E-state index contributed by atoms with van der Waals surface area (Å²) in [5.74, 6) is -1.49. The van der Waals surface area contributed by atoms with Gasteiger partial charge >= 0.3 is 5.97 Å². The van der Waals surface area contributed by atoms with Crippen molar-refractivity contribution in [2.45, 2.75) is 12.3 Å². The van der Waals surface area contributed by atoms with E-state index in [1.807, 2.05) is 0 Å². The van der Waals surface area contributed by atoms with Crippen LogP contribution < -0.4 is 5.32 Å². The highest BCUT2D eigenvalue weighted by atomic mass is 19.1. The number of nitrogens with one attached hydrogen (secondary N) is 1. The molecule has 0 spiro atoms. The van der Waals surface area contributed by atoms with Crippen LogP contribution in [0.4, 0.5) is 4.39 Å². The molecule has 1 fully saturated rings. The SMILES string of the molecule is O=C(O)[C@@H]1CCNC[C@H]1c1ccc(F)cc1. The lowest BCUT2D eigenvalue weighted by molar-refractivity contribution is -0.143. The molecular weight excluding hydrogens is 209 g/mol. The van der Waals surface area contributed by atoms with Gasteiger partial charge in [0.2, 0.25) is 0 Å². The van der Waals surface area contributed by atoms with Crippen LogP contribution in [0.2, 0.25) is 0 Å². The van der Waals surface area contributed by atoms with Crippen molar-refractivity contribution in [1.29, 1.82) is 0 Å². The van der Waals surface area contributed by atoms with Crippen LogP contribution in [0.5, 0.6) is 0 Å². The lowest BCUT2D eigenvalue weighted by Gasteiger charge is -2.29. The summed E-state index contributed by atoms with van der Waals surface area (Å²) in [5.41, 5.74) is 0.890. The number of carboxylic acids is 1. The van der Waals surface area contributed by atoms with Crippen LogP contribution in [-0.4, -0.2) is 24.2 Å². The van der Waals surface area contributed by atoms with E-state index in [0.717, 1.165) is 12.1 Å². The van der Waals surface area contributed by atoms with Crippen LogP contribution in [0, 0.1) is 11.7 Å². The number of rotatable bonds is 2. The lowest BCUT2D eigenvalue weighted by atomic mass is 9.81. The molecule has 0 radical (unpaired) electrons. The maximum atomic E-state index is 12.8. The van der Waals surface area contributed by atoms with Gasteiger partial charge in [0.25, 0.3) is 0 Å². The number of benzene rings is 1. The van der Waals surface area contributed by atoms with Gasteiger partial charge in [-0.05, 0) is 30.7 Å². The van der Waals surface area contributed by atoms with Gasteiger partial charge in [-0.25, -0.2) is 4.39 Å². The van der Waals surface area contributed by atoms with Gasteiger partial charge in [0.1, 0.15) is 5.82 Å². The molecule has 1 heterocycles. The number of carboxylic acid groups (broad SMARTS) is 1. The third-order valence-corrected chi connectivity index (χ3v) is 3.10. The van der Waals surface area contributed by atoms with Crippen LogP contribution in [0.3, 0.4) is 0 Å². The van der Waals surface area contributed by atoms with Crippen molar-refractivity contribution in [3.63, 3.8) is 0 Å². The molecule has 2 rings (SSSR count). The maximum Gasteiger partial charge on any atom is 0.307 e. The van der Waals surface area contributed by atoms with Gasteiger partial charge in [0, 0.05) is 12.5 Å². The van der Waals surface area contributed by atoms with Gasteiger partial charge in [-0.3, -0.25) is 4.79 Å². The smallest absolute Gasteiger partial charge is 0.307 e. The summed E-state index contributed by atoms with van der Waals surface area (Å²) in [6, 6.07) is 6.09. The molecule has 1 aliphatic heterocycles. The largest absolute Gasteiger partial charge is 0.481 e. The number of hydrogen-bond donors (Lipinski definition) is 2. The number of aliphatic carboxylic acids is 1. The summed E-state index contributed by atoms with van der Waals surface area (Å²) in [4.78, 5) is 11.1. The van der Waals surface area contributed by atoms with E-state index in [4.69, 9.17) is 5.11 Å². The predicted molar refractivity (Wildman–Crippen MR) is 57.8 cm³/mol. The van der Waals surface area contributed by atoms with E-state index < -0.39 is 5.97 Å². The Kier molecular flexibility index (Phi) is 3.19. The Morgan fingerprint density at radius 3 is 2.69 bits per heavy atom. The van der Waals surface area contributed by atoms with Crippen molar-refractivity contribution in [2.75, 3.05) is 13.1 Å². The third kappa shape index (κ3) is 2.22. The molecule has 0 unspecified atom stereocenters. The van der Waals surface area contributed by atoms with Gasteiger partial charge in [-0.2, -0.15) is 0 Å². The molecule has 0 aromatic heterocycles. The number of carbonyl (C=O) groups is 1. The van der Waals surface area contributed by atoms with Crippen molar-refractivity contribution in [2.24, 2.45) is 5.92 Å². The highest BCUT2D eigenvalue weighted by Gasteiger charge is 2.31. The molecule has 86 valence electrons. The Balaban J connectivity index is 2.23. The lowest BCUT2D eigenvalue weighted by Crippen LogP contribution is -2.38. The molecule has 3 nitrogen and oxygen atoms in total. The minimum Gasteiger partial charge on any atom is -0.481 e. The van der Waals surface area contributed by atoms with Crippen LogP contribution in [0.25, 0.3) is 0 Å². The minimum atomic E-state index is -0.768. The fraction of sp³-hybridized carbons (Fsp3) is 0.417. The monoisotopic (exact) mass is 223 g/mol. The molecule has 1 saturated heterocycles. The third-order valence-electron chi connectivity index (χ3n) is 3.10. The van der Waals surface area contributed by atoms with Gasteiger partial charge in [-0.15, -0.1) is 0 Å².